The molecule has 0 aromatic rings. The number of Topliss-reactive ketones (excluding diaryl/α,β-unsaturated/α-hetero) is 2. The van der Waals surface area contributed by atoms with E-state index >= 15 is 0 Å². The summed E-state index contributed by atoms with van der Waals surface area (Å²) in [4.78, 5) is 27.4. The molecule has 4 nitrogen and oxygen atoms in total. The highest BCUT2D eigenvalue weighted by Gasteiger charge is 2.68. The summed E-state index contributed by atoms with van der Waals surface area (Å²) in [6, 6.07) is 2.20. The molecule has 4 fully saturated rings. The summed E-state index contributed by atoms with van der Waals surface area (Å²) in [6.45, 7) is 13.3. The first-order valence-corrected chi connectivity index (χ1v) is 14.7. The Hall–Kier alpha value is -1.18. The molecule has 0 aliphatic heterocycles. The van der Waals surface area contributed by atoms with Crippen molar-refractivity contribution in [2.24, 2.45) is 56.7 Å². The van der Waals surface area contributed by atoms with Crippen LogP contribution in [-0.4, -0.2) is 28.7 Å². The van der Waals surface area contributed by atoms with E-state index in [-0.39, 0.29) is 68.5 Å². The van der Waals surface area contributed by atoms with E-state index in [4.69, 9.17) is 11.6 Å². The summed E-state index contributed by atoms with van der Waals surface area (Å²) in [5, 5.41) is 21.1. The van der Waals surface area contributed by atoms with Gasteiger partial charge in [-0.15, -0.1) is 11.6 Å². The lowest BCUT2D eigenvalue weighted by molar-refractivity contribution is -0.201. The van der Waals surface area contributed by atoms with Gasteiger partial charge in [0.25, 0.3) is 0 Å². The predicted molar refractivity (Wildman–Crippen MR) is 141 cm³/mol. The SMILES string of the molecule is CC1(C)CCC2(C(O)CCl)CCC3C(C(=O)CC4C5(C)C=C(C#N)C(=O)C(C)(C)C5CCC34C)C2C1. The zero-order valence-electron chi connectivity index (χ0n) is 23.0. The van der Waals surface area contributed by atoms with Gasteiger partial charge in [0, 0.05) is 29.0 Å². The minimum Gasteiger partial charge on any atom is -0.391 e. The minimum atomic E-state index is -0.602. The van der Waals surface area contributed by atoms with Crippen LogP contribution in [-0.2, 0) is 9.59 Å². The molecule has 198 valence electrons. The van der Waals surface area contributed by atoms with Gasteiger partial charge in [0.15, 0.2) is 5.78 Å². The van der Waals surface area contributed by atoms with E-state index in [9.17, 15) is 20.0 Å². The number of halogens is 1. The number of aliphatic hydroxyl groups is 1. The third kappa shape index (κ3) is 3.34. The molecule has 0 aromatic heterocycles. The lowest BCUT2D eigenvalue weighted by Gasteiger charge is -2.68. The number of fused-ring (bicyclic) bond motifs is 7. The van der Waals surface area contributed by atoms with Crippen molar-refractivity contribution < 1.29 is 14.7 Å². The van der Waals surface area contributed by atoms with Gasteiger partial charge >= 0.3 is 0 Å². The number of ketones is 2. The van der Waals surface area contributed by atoms with Crippen molar-refractivity contribution in [2.75, 3.05) is 5.88 Å². The lowest BCUT2D eigenvalue weighted by atomic mass is 9.35. The number of hydrogen-bond acceptors (Lipinski definition) is 4. The Morgan fingerprint density at radius 1 is 1.03 bits per heavy atom. The number of rotatable bonds is 2. The quantitative estimate of drug-likeness (QED) is 0.428. The molecule has 0 saturated heterocycles. The Morgan fingerprint density at radius 3 is 2.36 bits per heavy atom. The Kier molecular flexibility index (Phi) is 5.99. The van der Waals surface area contributed by atoms with Crippen LogP contribution in [0.15, 0.2) is 11.6 Å². The highest BCUT2D eigenvalue weighted by Crippen LogP contribution is 2.72. The monoisotopic (exact) mass is 513 g/mol. The van der Waals surface area contributed by atoms with E-state index in [0.29, 0.717) is 12.2 Å². The Bertz CT molecular complexity index is 1050. The number of nitrogens with zero attached hydrogens (tertiary/aromatic N) is 1. The van der Waals surface area contributed by atoms with Crippen molar-refractivity contribution >= 4 is 23.2 Å². The molecule has 5 aliphatic carbocycles. The normalized spacial score (nSPS) is 47.9. The topological polar surface area (TPSA) is 78.2 Å². The average Bonchev–Trinajstić information content (AvgIpc) is 2.81. The van der Waals surface area contributed by atoms with E-state index in [0.717, 1.165) is 44.9 Å². The fourth-order valence-corrected chi connectivity index (χ4v) is 11.0. The van der Waals surface area contributed by atoms with Crippen molar-refractivity contribution in [3.8, 4) is 6.07 Å². The van der Waals surface area contributed by atoms with Crippen LogP contribution in [0.3, 0.4) is 0 Å². The van der Waals surface area contributed by atoms with E-state index in [1.807, 2.05) is 19.9 Å². The van der Waals surface area contributed by atoms with Crippen molar-refractivity contribution in [1.29, 1.82) is 5.26 Å². The molecule has 0 bridgehead atoms. The molecule has 0 spiro atoms. The smallest absolute Gasteiger partial charge is 0.178 e. The molecule has 36 heavy (non-hydrogen) atoms. The number of aliphatic hydroxyl groups excluding tert-OH is 1. The summed E-state index contributed by atoms with van der Waals surface area (Å²) >= 11 is 6.29. The van der Waals surface area contributed by atoms with Crippen molar-refractivity contribution in [3.05, 3.63) is 11.6 Å². The summed E-state index contributed by atoms with van der Waals surface area (Å²) in [6.07, 6.45) is 8.72. The molecule has 9 unspecified atom stereocenters. The van der Waals surface area contributed by atoms with Gasteiger partial charge < -0.3 is 5.11 Å². The summed E-state index contributed by atoms with van der Waals surface area (Å²) in [5.41, 5.74) is -0.814. The maximum absolute atomic E-state index is 14.3. The molecule has 1 N–H and O–H groups in total. The van der Waals surface area contributed by atoms with Gasteiger partial charge in [-0.1, -0.05) is 47.6 Å². The third-order valence-electron chi connectivity index (χ3n) is 12.5. The maximum atomic E-state index is 14.3. The van der Waals surface area contributed by atoms with Crippen LogP contribution in [0.5, 0.6) is 0 Å². The molecular weight excluding hydrogens is 470 g/mol. The standard InChI is InChI=1S/C31H44ClNO3/c1-27(2)11-12-31(24(35)16-32)10-7-19-25(20(31)15-27)21(34)13-23-29(19,5)9-8-22-28(3,4)26(36)18(17-33)14-30(22,23)6/h14,19-20,22-25,35H,7-13,15-16H2,1-6H3. The van der Waals surface area contributed by atoms with Gasteiger partial charge in [0.05, 0.1) is 11.7 Å². The molecule has 9 atom stereocenters. The molecule has 0 aromatic carbocycles. The van der Waals surface area contributed by atoms with Gasteiger partial charge in [0.1, 0.15) is 11.9 Å². The van der Waals surface area contributed by atoms with Gasteiger partial charge in [-0.3, -0.25) is 9.59 Å². The maximum Gasteiger partial charge on any atom is 0.178 e. The number of carbonyl (C=O) groups excluding carboxylic acids is 2. The Morgan fingerprint density at radius 2 is 1.72 bits per heavy atom. The largest absolute Gasteiger partial charge is 0.391 e. The van der Waals surface area contributed by atoms with Gasteiger partial charge in [-0.05, 0) is 84.9 Å². The Labute approximate surface area is 222 Å². The molecular formula is C31H44ClNO3. The van der Waals surface area contributed by atoms with Crippen LogP contribution in [0.1, 0.15) is 92.9 Å². The number of alkyl halides is 1. The molecule has 4 saturated carbocycles. The highest BCUT2D eigenvalue weighted by atomic mass is 35.5. The van der Waals surface area contributed by atoms with Crippen molar-refractivity contribution in [3.63, 3.8) is 0 Å². The second-order valence-corrected chi connectivity index (χ2v) is 15.3. The molecule has 5 rings (SSSR count). The summed E-state index contributed by atoms with van der Waals surface area (Å²) in [5.74, 6) is 1.19. The van der Waals surface area contributed by atoms with Crippen LogP contribution >= 0.6 is 11.6 Å². The molecule has 0 heterocycles. The first kappa shape index (κ1) is 26.4. The lowest BCUT2D eigenvalue weighted by Crippen LogP contribution is -2.66. The minimum absolute atomic E-state index is 0.0307. The zero-order chi connectivity index (χ0) is 26.5. The van der Waals surface area contributed by atoms with E-state index in [1.165, 1.54) is 0 Å². The first-order valence-electron chi connectivity index (χ1n) is 14.1. The number of allylic oxidation sites excluding steroid dienone is 2. The van der Waals surface area contributed by atoms with Gasteiger partial charge in [-0.2, -0.15) is 5.26 Å². The molecule has 5 aliphatic rings. The van der Waals surface area contributed by atoms with E-state index in [1.54, 1.807) is 0 Å². The molecule has 5 heteroatoms. The highest BCUT2D eigenvalue weighted by molar-refractivity contribution is 6.18. The summed E-state index contributed by atoms with van der Waals surface area (Å²) < 4.78 is 0. The second kappa shape index (κ2) is 8.16. The van der Waals surface area contributed by atoms with Crippen LogP contribution in [0.25, 0.3) is 0 Å². The molecule has 0 radical (unpaired) electrons. The average molecular weight is 514 g/mol. The van der Waals surface area contributed by atoms with Crippen LogP contribution < -0.4 is 0 Å². The van der Waals surface area contributed by atoms with Crippen LogP contribution in [0.2, 0.25) is 0 Å². The number of carbonyl (C=O) groups is 2. The summed E-state index contributed by atoms with van der Waals surface area (Å²) in [7, 11) is 0. The van der Waals surface area contributed by atoms with Crippen LogP contribution in [0, 0.1) is 68.0 Å². The van der Waals surface area contributed by atoms with Crippen molar-refractivity contribution in [1.82, 2.24) is 0 Å². The van der Waals surface area contributed by atoms with Crippen LogP contribution in [0.4, 0.5) is 0 Å². The Balaban J connectivity index is 1.59. The molecule has 0 amide bonds. The zero-order valence-corrected chi connectivity index (χ0v) is 23.8. The predicted octanol–water partition coefficient (Wildman–Crippen LogP) is 6.50. The second-order valence-electron chi connectivity index (χ2n) is 15.0. The number of nitriles is 1. The van der Waals surface area contributed by atoms with Crippen molar-refractivity contribution in [2.45, 2.75) is 99.0 Å². The van der Waals surface area contributed by atoms with Gasteiger partial charge in [-0.25, -0.2) is 0 Å². The third-order valence-corrected chi connectivity index (χ3v) is 12.8. The fourth-order valence-electron chi connectivity index (χ4n) is 10.7. The van der Waals surface area contributed by atoms with E-state index in [2.05, 4.69) is 33.8 Å². The van der Waals surface area contributed by atoms with E-state index < -0.39 is 11.5 Å². The first-order chi connectivity index (χ1) is 16.7. The fraction of sp³-hybridized carbons (Fsp3) is 0.839. The number of hydrogen-bond donors (Lipinski definition) is 1. The van der Waals surface area contributed by atoms with Gasteiger partial charge in [0.2, 0.25) is 0 Å².